The number of ether oxygens (including phenoxy) is 1. The van der Waals surface area contributed by atoms with Crippen LogP contribution in [-0.2, 0) is 39.8 Å². The van der Waals surface area contributed by atoms with E-state index in [9.17, 15) is 4.79 Å². The maximum Gasteiger partial charge on any atom is 0.194 e. The van der Waals surface area contributed by atoms with Crippen LogP contribution in [0.15, 0.2) is 47.8 Å². The SMILES string of the molecule is C=CCOc1ccc(-c2[c-]ccc(=O)n2C)c(Cl)c1.[Y]. The Morgan fingerprint density at radius 2 is 2.20 bits per heavy atom. The number of rotatable bonds is 4. The van der Waals surface area contributed by atoms with E-state index >= 15 is 0 Å². The number of pyridine rings is 1. The molecule has 5 heteroatoms. The zero-order valence-electron chi connectivity index (χ0n) is 11.1. The Morgan fingerprint density at radius 3 is 2.85 bits per heavy atom. The molecule has 2 rings (SSSR count). The Kier molecular flexibility index (Phi) is 6.67. The standard InChI is InChI=1S/C15H13ClNO2.Y/c1-3-9-19-11-7-8-12(13(16)10-11)14-5-4-6-15(18)17(14)2;/h3-4,6-8,10H,1,9H2,2H3;/q-1;. The fraction of sp³-hybridized carbons (Fsp3) is 0.133. The molecule has 0 spiro atoms. The fourth-order valence-electron chi connectivity index (χ4n) is 1.70. The minimum absolute atomic E-state index is 0. The van der Waals surface area contributed by atoms with Crippen LogP contribution in [0.25, 0.3) is 11.3 Å². The Morgan fingerprint density at radius 1 is 1.45 bits per heavy atom. The van der Waals surface area contributed by atoms with Crippen LogP contribution in [0.5, 0.6) is 5.75 Å². The van der Waals surface area contributed by atoms with Crippen LogP contribution >= 0.6 is 11.6 Å². The third-order valence-electron chi connectivity index (χ3n) is 2.68. The molecule has 0 N–H and O–H groups in total. The number of hydrogen-bond acceptors (Lipinski definition) is 2. The van der Waals surface area contributed by atoms with E-state index in [4.69, 9.17) is 16.3 Å². The van der Waals surface area contributed by atoms with Crippen LogP contribution in [0.4, 0.5) is 0 Å². The van der Waals surface area contributed by atoms with E-state index in [1.54, 1.807) is 31.3 Å². The minimum atomic E-state index is -0.100. The molecule has 0 saturated heterocycles. The summed E-state index contributed by atoms with van der Waals surface area (Å²) in [4.78, 5) is 11.6. The van der Waals surface area contributed by atoms with E-state index in [2.05, 4.69) is 12.6 Å². The summed E-state index contributed by atoms with van der Waals surface area (Å²) in [7, 11) is 1.69. The van der Waals surface area contributed by atoms with E-state index in [0.717, 1.165) is 5.56 Å². The van der Waals surface area contributed by atoms with E-state index in [-0.39, 0.29) is 38.3 Å². The second-order valence-corrected chi connectivity index (χ2v) is 4.37. The average Bonchev–Trinajstić information content (AvgIpc) is 2.40. The molecule has 1 aromatic carbocycles. The van der Waals surface area contributed by atoms with Crippen LogP contribution in [0.3, 0.4) is 0 Å². The van der Waals surface area contributed by atoms with E-state index < -0.39 is 0 Å². The van der Waals surface area contributed by atoms with Gasteiger partial charge in [0.1, 0.15) is 12.4 Å². The topological polar surface area (TPSA) is 31.2 Å². The van der Waals surface area contributed by atoms with Crippen LogP contribution in [0.1, 0.15) is 0 Å². The van der Waals surface area contributed by atoms with Gasteiger partial charge in [-0.25, -0.2) is 0 Å². The van der Waals surface area contributed by atoms with Gasteiger partial charge in [0.2, 0.25) is 0 Å². The molecule has 0 aliphatic heterocycles. The molecule has 0 aliphatic rings. The van der Waals surface area contributed by atoms with Gasteiger partial charge in [0.25, 0.3) is 0 Å². The van der Waals surface area contributed by atoms with Crippen molar-refractivity contribution in [2.45, 2.75) is 0 Å². The van der Waals surface area contributed by atoms with Crippen molar-refractivity contribution in [2.24, 2.45) is 7.05 Å². The summed E-state index contributed by atoms with van der Waals surface area (Å²) >= 11 is 6.23. The van der Waals surface area contributed by atoms with Gasteiger partial charge in [-0.1, -0.05) is 41.6 Å². The van der Waals surface area contributed by atoms with Gasteiger partial charge in [0.05, 0.1) is 0 Å². The first-order valence-corrected chi connectivity index (χ1v) is 6.12. The quantitative estimate of drug-likeness (QED) is 0.617. The number of halogens is 1. The first-order chi connectivity index (χ1) is 9.13. The molecular weight excluding hydrogens is 351 g/mol. The van der Waals surface area contributed by atoms with Gasteiger partial charge in [-0.15, -0.1) is 6.07 Å². The van der Waals surface area contributed by atoms with E-state index in [0.29, 0.717) is 23.1 Å². The molecule has 0 atom stereocenters. The monoisotopic (exact) mass is 363 g/mol. The second-order valence-electron chi connectivity index (χ2n) is 3.96. The van der Waals surface area contributed by atoms with Crippen molar-refractivity contribution in [2.75, 3.05) is 6.61 Å². The first-order valence-electron chi connectivity index (χ1n) is 5.75. The molecule has 0 fully saturated rings. The molecule has 0 bridgehead atoms. The van der Waals surface area contributed by atoms with E-state index in [1.807, 2.05) is 6.07 Å². The zero-order chi connectivity index (χ0) is 13.8. The molecule has 101 valence electrons. The van der Waals surface area contributed by atoms with E-state index in [1.165, 1.54) is 10.6 Å². The van der Waals surface area contributed by atoms with Crippen LogP contribution < -0.4 is 10.3 Å². The summed E-state index contributed by atoms with van der Waals surface area (Å²) in [6.45, 7) is 4.01. The van der Waals surface area contributed by atoms with Gasteiger partial charge < -0.3 is 9.30 Å². The zero-order valence-corrected chi connectivity index (χ0v) is 14.7. The molecule has 2 aromatic rings. The Bertz CT molecular complexity index is 667. The van der Waals surface area contributed by atoms with Gasteiger partial charge in [0, 0.05) is 39.8 Å². The molecule has 0 amide bonds. The molecule has 20 heavy (non-hydrogen) atoms. The van der Waals surface area contributed by atoms with Crippen molar-refractivity contribution in [1.82, 2.24) is 4.57 Å². The van der Waals surface area contributed by atoms with Crippen molar-refractivity contribution in [3.63, 3.8) is 0 Å². The molecular formula is C15H13ClNO2Y-. The van der Waals surface area contributed by atoms with Gasteiger partial charge in [-0.3, -0.25) is 4.79 Å². The number of aromatic nitrogens is 1. The molecule has 0 unspecified atom stereocenters. The average molecular weight is 364 g/mol. The third-order valence-corrected chi connectivity index (χ3v) is 2.99. The Labute approximate surface area is 148 Å². The van der Waals surface area contributed by atoms with Crippen LogP contribution in [0.2, 0.25) is 5.02 Å². The Balaban J connectivity index is 0.00000200. The molecule has 1 heterocycles. The number of benzene rings is 1. The van der Waals surface area contributed by atoms with Gasteiger partial charge in [-0.05, 0) is 17.2 Å². The maximum atomic E-state index is 11.6. The first kappa shape index (κ1) is 17.2. The second kappa shape index (κ2) is 7.77. The van der Waals surface area contributed by atoms with Crippen LogP contribution in [0, 0.1) is 6.07 Å². The summed E-state index contributed by atoms with van der Waals surface area (Å²) in [6.07, 6.45) is 1.66. The molecule has 0 saturated carbocycles. The molecule has 3 nitrogen and oxygen atoms in total. The third kappa shape index (κ3) is 3.81. The Hall–Kier alpha value is -0.896. The largest absolute Gasteiger partial charge is 0.490 e. The predicted octanol–water partition coefficient (Wildman–Crippen LogP) is 3.07. The predicted molar refractivity (Wildman–Crippen MR) is 76.7 cm³/mol. The summed E-state index contributed by atoms with van der Waals surface area (Å²) in [6, 6.07) is 11.4. The minimum Gasteiger partial charge on any atom is -0.490 e. The summed E-state index contributed by atoms with van der Waals surface area (Å²) in [5.41, 5.74) is 1.29. The summed E-state index contributed by atoms with van der Waals surface area (Å²) in [5.74, 6) is 0.662. The van der Waals surface area contributed by atoms with Gasteiger partial charge in [0.15, 0.2) is 5.56 Å². The van der Waals surface area contributed by atoms with Gasteiger partial charge >= 0.3 is 0 Å². The van der Waals surface area contributed by atoms with Crippen molar-refractivity contribution in [1.29, 1.82) is 0 Å². The van der Waals surface area contributed by atoms with Gasteiger partial charge in [-0.2, -0.15) is 12.1 Å². The molecule has 0 aliphatic carbocycles. The van der Waals surface area contributed by atoms with Crippen molar-refractivity contribution in [3.8, 4) is 17.0 Å². The van der Waals surface area contributed by atoms with Crippen molar-refractivity contribution in [3.05, 3.63) is 64.4 Å². The number of nitrogens with zero attached hydrogens (tertiary/aromatic N) is 1. The van der Waals surface area contributed by atoms with Crippen molar-refractivity contribution < 1.29 is 37.4 Å². The summed E-state index contributed by atoms with van der Waals surface area (Å²) in [5, 5.41) is 0.513. The maximum absolute atomic E-state index is 11.6. The fourth-order valence-corrected chi connectivity index (χ4v) is 1.96. The smallest absolute Gasteiger partial charge is 0.194 e. The summed E-state index contributed by atoms with van der Waals surface area (Å²) < 4.78 is 6.91. The van der Waals surface area contributed by atoms with Crippen LogP contribution in [-0.4, -0.2) is 11.2 Å². The van der Waals surface area contributed by atoms with Crippen molar-refractivity contribution >= 4 is 11.6 Å². The number of hydrogen-bond donors (Lipinski definition) is 0. The molecule has 1 aromatic heterocycles. The molecule has 1 radical (unpaired) electrons. The normalized spacial score (nSPS) is 9.70.